The number of hydrogen-bond donors (Lipinski definition) is 2. The van der Waals surface area contributed by atoms with Crippen molar-refractivity contribution < 1.29 is 8.78 Å². The zero-order chi connectivity index (χ0) is 15.7. The number of alkyl halides is 2. The molecule has 0 atom stereocenters. The number of aromatic amines is 1. The Hall–Kier alpha value is -2.22. The fourth-order valence-corrected chi connectivity index (χ4v) is 3.15. The van der Waals surface area contributed by atoms with Crippen LogP contribution in [0.5, 0.6) is 0 Å². The minimum atomic E-state index is -2.40. The van der Waals surface area contributed by atoms with Crippen LogP contribution < -0.4 is 10.2 Å². The largest absolute Gasteiger partial charge is 0.378 e. The Morgan fingerprint density at radius 2 is 2.18 bits per heavy atom. The number of anilines is 2. The highest BCUT2D eigenvalue weighted by Crippen LogP contribution is 2.37. The summed E-state index contributed by atoms with van der Waals surface area (Å²) in [5, 5.41) is 9.65. The third-order valence-corrected chi connectivity index (χ3v) is 4.33. The highest BCUT2D eigenvalue weighted by molar-refractivity contribution is 7.22. The molecule has 0 spiro atoms. The zero-order valence-corrected chi connectivity index (χ0v) is 12.9. The monoisotopic (exact) mass is 323 g/mol. The number of pyridine rings is 1. The topological polar surface area (TPSA) is 56.8 Å². The van der Waals surface area contributed by atoms with E-state index in [0.29, 0.717) is 5.69 Å². The van der Waals surface area contributed by atoms with Crippen LogP contribution in [0.1, 0.15) is 0 Å². The van der Waals surface area contributed by atoms with Gasteiger partial charge in [0.25, 0.3) is 6.43 Å². The number of H-pyrrole nitrogens is 1. The number of nitrogens with one attached hydrogen (secondary N) is 2. The van der Waals surface area contributed by atoms with E-state index in [1.807, 2.05) is 31.1 Å². The van der Waals surface area contributed by atoms with Crippen LogP contribution in [-0.4, -0.2) is 42.2 Å². The standard InChI is InChI=1S/C14H15F2N5S/c1-21(2)13-6-9(17-7-12(15)16)14-10(19-13)5-11(22-14)8-3-4-18-20-8/h3-6,12H,7H2,1-2H3,(H,17,19)(H,18,20). The van der Waals surface area contributed by atoms with Crippen molar-refractivity contribution in [3.8, 4) is 10.6 Å². The number of halogens is 2. The van der Waals surface area contributed by atoms with E-state index < -0.39 is 6.43 Å². The maximum Gasteiger partial charge on any atom is 0.255 e. The number of rotatable bonds is 5. The summed E-state index contributed by atoms with van der Waals surface area (Å²) < 4.78 is 25.9. The molecule has 0 radical (unpaired) electrons. The van der Waals surface area contributed by atoms with Crippen molar-refractivity contribution in [3.05, 3.63) is 24.4 Å². The average Bonchev–Trinajstić information content (AvgIpc) is 3.12. The van der Waals surface area contributed by atoms with Gasteiger partial charge >= 0.3 is 0 Å². The van der Waals surface area contributed by atoms with Crippen molar-refractivity contribution >= 4 is 33.1 Å². The lowest BCUT2D eigenvalue weighted by Gasteiger charge is -2.14. The Balaban J connectivity index is 2.09. The second-order valence-electron chi connectivity index (χ2n) is 4.99. The first-order chi connectivity index (χ1) is 10.5. The maximum atomic E-state index is 12.5. The van der Waals surface area contributed by atoms with Gasteiger partial charge in [-0.2, -0.15) is 5.10 Å². The van der Waals surface area contributed by atoms with Crippen molar-refractivity contribution in [2.24, 2.45) is 0 Å². The minimum absolute atomic E-state index is 0.386. The molecule has 3 aromatic heterocycles. The summed E-state index contributed by atoms with van der Waals surface area (Å²) in [6, 6.07) is 5.59. The van der Waals surface area contributed by atoms with Crippen molar-refractivity contribution in [1.29, 1.82) is 0 Å². The molecule has 0 saturated heterocycles. The van der Waals surface area contributed by atoms with Crippen LogP contribution in [-0.2, 0) is 0 Å². The molecule has 0 amide bonds. The summed E-state index contributed by atoms with van der Waals surface area (Å²) in [7, 11) is 3.74. The highest BCUT2D eigenvalue weighted by atomic mass is 32.1. The van der Waals surface area contributed by atoms with Gasteiger partial charge < -0.3 is 10.2 Å². The molecule has 0 aliphatic rings. The Morgan fingerprint density at radius 1 is 1.36 bits per heavy atom. The van der Waals surface area contributed by atoms with Gasteiger partial charge in [-0.15, -0.1) is 11.3 Å². The van der Waals surface area contributed by atoms with Crippen molar-refractivity contribution in [2.45, 2.75) is 6.43 Å². The zero-order valence-electron chi connectivity index (χ0n) is 12.1. The molecule has 3 rings (SSSR count). The Labute approximate surface area is 130 Å². The second kappa shape index (κ2) is 5.88. The molecule has 116 valence electrons. The summed E-state index contributed by atoms with van der Waals surface area (Å²) in [6.45, 7) is -0.386. The Morgan fingerprint density at radius 3 is 2.82 bits per heavy atom. The van der Waals surface area contributed by atoms with Gasteiger partial charge in [0, 0.05) is 26.4 Å². The molecule has 2 N–H and O–H groups in total. The average molecular weight is 323 g/mol. The van der Waals surface area contributed by atoms with Gasteiger partial charge in [0.05, 0.1) is 33.0 Å². The van der Waals surface area contributed by atoms with E-state index in [9.17, 15) is 8.78 Å². The number of thiophene rings is 1. The van der Waals surface area contributed by atoms with Crippen molar-refractivity contribution in [2.75, 3.05) is 30.9 Å². The lowest BCUT2D eigenvalue weighted by Crippen LogP contribution is -2.13. The predicted molar refractivity (Wildman–Crippen MR) is 86.0 cm³/mol. The second-order valence-corrected chi connectivity index (χ2v) is 6.04. The van der Waals surface area contributed by atoms with E-state index in [-0.39, 0.29) is 6.54 Å². The summed E-state index contributed by atoms with van der Waals surface area (Å²) in [5.74, 6) is 0.721. The van der Waals surface area contributed by atoms with Crippen LogP contribution in [0.25, 0.3) is 20.8 Å². The number of aromatic nitrogens is 3. The van der Waals surface area contributed by atoms with Crippen LogP contribution >= 0.6 is 11.3 Å². The Kier molecular flexibility index (Phi) is 3.93. The third kappa shape index (κ3) is 2.87. The number of nitrogens with zero attached hydrogens (tertiary/aromatic N) is 3. The summed E-state index contributed by atoms with van der Waals surface area (Å²) in [4.78, 5) is 7.38. The van der Waals surface area contributed by atoms with Gasteiger partial charge in [-0.1, -0.05) is 0 Å². The van der Waals surface area contributed by atoms with Gasteiger partial charge in [-0.05, 0) is 12.1 Å². The van der Waals surface area contributed by atoms with Crippen LogP contribution in [0.2, 0.25) is 0 Å². The summed E-state index contributed by atoms with van der Waals surface area (Å²) >= 11 is 1.49. The first kappa shape index (κ1) is 14.7. The molecule has 5 nitrogen and oxygen atoms in total. The quantitative estimate of drug-likeness (QED) is 0.755. The van der Waals surface area contributed by atoms with Gasteiger partial charge in [-0.25, -0.2) is 13.8 Å². The van der Waals surface area contributed by atoms with Gasteiger partial charge in [0.2, 0.25) is 0 Å². The number of fused-ring (bicyclic) bond motifs is 1. The van der Waals surface area contributed by atoms with Crippen molar-refractivity contribution in [3.63, 3.8) is 0 Å². The van der Waals surface area contributed by atoms with Gasteiger partial charge in [0.1, 0.15) is 5.82 Å². The van der Waals surface area contributed by atoms with Crippen LogP contribution in [0.3, 0.4) is 0 Å². The SMILES string of the molecule is CN(C)c1cc(NCC(F)F)c2sc(-c3ccn[nH]3)cc2n1. The molecule has 3 heterocycles. The van der Waals surface area contributed by atoms with Gasteiger partial charge in [0.15, 0.2) is 0 Å². The first-order valence-electron chi connectivity index (χ1n) is 6.68. The molecule has 0 aliphatic carbocycles. The lowest BCUT2D eigenvalue weighted by atomic mass is 10.3. The van der Waals surface area contributed by atoms with E-state index >= 15 is 0 Å². The predicted octanol–water partition coefficient (Wildman–Crippen LogP) is 3.43. The third-order valence-electron chi connectivity index (χ3n) is 3.14. The fourth-order valence-electron chi connectivity index (χ4n) is 2.08. The molecule has 3 aromatic rings. The minimum Gasteiger partial charge on any atom is -0.378 e. The fraction of sp³-hybridized carbons (Fsp3) is 0.286. The molecule has 22 heavy (non-hydrogen) atoms. The molecule has 0 aromatic carbocycles. The van der Waals surface area contributed by atoms with Crippen LogP contribution in [0.15, 0.2) is 24.4 Å². The van der Waals surface area contributed by atoms with E-state index in [1.165, 1.54) is 11.3 Å². The molecule has 0 fully saturated rings. The molecule has 8 heteroatoms. The molecule has 0 saturated carbocycles. The molecular weight excluding hydrogens is 308 g/mol. The normalized spacial score (nSPS) is 11.3. The lowest BCUT2D eigenvalue weighted by molar-refractivity contribution is 0.163. The highest BCUT2D eigenvalue weighted by Gasteiger charge is 2.14. The van der Waals surface area contributed by atoms with E-state index in [0.717, 1.165) is 26.6 Å². The summed E-state index contributed by atoms with van der Waals surface area (Å²) in [6.07, 6.45) is -0.730. The first-order valence-corrected chi connectivity index (χ1v) is 7.50. The van der Waals surface area contributed by atoms with E-state index in [4.69, 9.17) is 0 Å². The summed E-state index contributed by atoms with van der Waals surface area (Å²) in [5.41, 5.74) is 2.33. The van der Waals surface area contributed by atoms with E-state index in [1.54, 1.807) is 12.3 Å². The van der Waals surface area contributed by atoms with Crippen LogP contribution in [0.4, 0.5) is 20.3 Å². The van der Waals surface area contributed by atoms with Crippen LogP contribution in [0, 0.1) is 0 Å². The van der Waals surface area contributed by atoms with Gasteiger partial charge in [-0.3, -0.25) is 5.10 Å². The number of hydrogen-bond acceptors (Lipinski definition) is 5. The van der Waals surface area contributed by atoms with Crippen molar-refractivity contribution in [1.82, 2.24) is 15.2 Å². The Bertz CT molecular complexity index is 767. The molecule has 0 unspecified atom stereocenters. The van der Waals surface area contributed by atoms with E-state index in [2.05, 4.69) is 20.5 Å². The molecule has 0 aliphatic heterocycles. The maximum absolute atomic E-state index is 12.5. The molecular formula is C14H15F2N5S. The molecule has 0 bridgehead atoms. The smallest absolute Gasteiger partial charge is 0.255 e.